The molecule has 0 radical (unpaired) electrons. The van der Waals surface area contributed by atoms with E-state index in [0.717, 1.165) is 32.2 Å². The Morgan fingerprint density at radius 1 is 1.24 bits per heavy atom. The summed E-state index contributed by atoms with van der Waals surface area (Å²) in [5.74, 6) is 0.288. The Labute approximate surface area is 128 Å². The standard InChI is InChI=1S/C18H28N2O/c1-14(2)19-17-10-7-13-20(18(17)21)15(3)11-12-16-8-5-4-6-9-16/h4-6,8-9,14-15,17,19H,7,10-13H2,1-3H3. The number of rotatable bonds is 6. The summed E-state index contributed by atoms with van der Waals surface area (Å²) in [6.45, 7) is 7.29. The van der Waals surface area contributed by atoms with Crippen LogP contribution in [0.15, 0.2) is 30.3 Å². The molecule has 1 aliphatic heterocycles. The van der Waals surface area contributed by atoms with E-state index in [1.165, 1.54) is 5.56 Å². The highest BCUT2D eigenvalue weighted by molar-refractivity contribution is 5.82. The van der Waals surface area contributed by atoms with Gasteiger partial charge in [-0.05, 0) is 38.2 Å². The second-order valence-corrected chi connectivity index (χ2v) is 6.42. The maximum atomic E-state index is 12.6. The molecule has 0 bridgehead atoms. The average Bonchev–Trinajstić information content (AvgIpc) is 2.47. The minimum atomic E-state index is 0.0120. The summed E-state index contributed by atoms with van der Waals surface area (Å²) in [6.07, 6.45) is 4.14. The van der Waals surface area contributed by atoms with Gasteiger partial charge in [0.2, 0.25) is 5.91 Å². The normalized spacial score (nSPS) is 20.9. The lowest BCUT2D eigenvalue weighted by Crippen LogP contribution is -2.54. The molecular formula is C18H28N2O. The van der Waals surface area contributed by atoms with Crippen LogP contribution in [-0.4, -0.2) is 35.5 Å². The Morgan fingerprint density at radius 2 is 1.95 bits per heavy atom. The van der Waals surface area contributed by atoms with Crippen LogP contribution in [0.4, 0.5) is 0 Å². The van der Waals surface area contributed by atoms with Crippen LogP contribution >= 0.6 is 0 Å². The number of benzene rings is 1. The monoisotopic (exact) mass is 288 g/mol. The largest absolute Gasteiger partial charge is 0.339 e. The van der Waals surface area contributed by atoms with Gasteiger partial charge in [-0.15, -0.1) is 0 Å². The van der Waals surface area contributed by atoms with Crippen LogP contribution in [0, 0.1) is 0 Å². The lowest BCUT2D eigenvalue weighted by molar-refractivity contribution is -0.138. The van der Waals surface area contributed by atoms with Gasteiger partial charge >= 0.3 is 0 Å². The molecule has 3 nitrogen and oxygen atoms in total. The lowest BCUT2D eigenvalue weighted by atomic mass is 9.99. The fourth-order valence-corrected chi connectivity index (χ4v) is 3.07. The number of nitrogens with zero attached hydrogens (tertiary/aromatic N) is 1. The van der Waals surface area contributed by atoms with E-state index in [1.807, 2.05) is 6.07 Å². The zero-order valence-electron chi connectivity index (χ0n) is 13.5. The van der Waals surface area contributed by atoms with E-state index in [0.29, 0.717) is 12.1 Å². The van der Waals surface area contributed by atoms with Gasteiger partial charge in [-0.1, -0.05) is 44.2 Å². The highest BCUT2D eigenvalue weighted by atomic mass is 16.2. The van der Waals surface area contributed by atoms with Gasteiger partial charge in [0.1, 0.15) is 0 Å². The number of carbonyl (C=O) groups excluding carboxylic acids is 1. The minimum absolute atomic E-state index is 0.0120. The summed E-state index contributed by atoms with van der Waals surface area (Å²) in [4.78, 5) is 14.7. The van der Waals surface area contributed by atoms with E-state index < -0.39 is 0 Å². The van der Waals surface area contributed by atoms with Crippen molar-refractivity contribution >= 4 is 5.91 Å². The number of piperidine rings is 1. The fraction of sp³-hybridized carbons (Fsp3) is 0.611. The second-order valence-electron chi connectivity index (χ2n) is 6.42. The van der Waals surface area contributed by atoms with E-state index in [-0.39, 0.29) is 11.9 Å². The number of nitrogens with one attached hydrogen (secondary N) is 1. The molecule has 2 atom stereocenters. The smallest absolute Gasteiger partial charge is 0.239 e. The van der Waals surface area contributed by atoms with Crippen molar-refractivity contribution in [2.24, 2.45) is 0 Å². The van der Waals surface area contributed by atoms with Crippen LogP contribution in [0.2, 0.25) is 0 Å². The number of hydrogen-bond acceptors (Lipinski definition) is 2. The zero-order valence-corrected chi connectivity index (χ0v) is 13.5. The first-order valence-corrected chi connectivity index (χ1v) is 8.18. The Balaban J connectivity index is 1.89. The zero-order chi connectivity index (χ0) is 15.2. The third-order valence-corrected chi connectivity index (χ3v) is 4.23. The van der Waals surface area contributed by atoms with Crippen LogP contribution < -0.4 is 5.32 Å². The van der Waals surface area contributed by atoms with Crippen molar-refractivity contribution in [3.05, 3.63) is 35.9 Å². The van der Waals surface area contributed by atoms with Crippen LogP contribution in [0.1, 0.15) is 45.6 Å². The summed E-state index contributed by atoms with van der Waals surface area (Å²) in [5.41, 5.74) is 1.35. The van der Waals surface area contributed by atoms with Crippen molar-refractivity contribution in [2.45, 2.75) is 64.6 Å². The molecule has 1 aromatic rings. The summed E-state index contributed by atoms with van der Waals surface area (Å²) in [6, 6.07) is 11.2. The van der Waals surface area contributed by atoms with Gasteiger partial charge in [-0.3, -0.25) is 4.79 Å². The fourth-order valence-electron chi connectivity index (χ4n) is 3.07. The first kappa shape index (κ1) is 16.0. The molecule has 1 fully saturated rings. The van der Waals surface area contributed by atoms with Gasteiger partial charge in [0.05, 0.1) is 6.04 Å². The summed E-state index contributed by atoms with van der Waals surface area (Å²) in [5, 5.41) is 3.40. The van der Waals surface area contributed by atoms with Crippen LogP contribution in [0.5, 0.6) is 0 Å². The molecule has 1 amide bonds. The van der Waals surface area contributed by atoms with Crippen LogP contribution in [0.3, 0.4) is 0 Å². The average molecular weight is 288 g/mol. The highest BCUT2D eigenvalue weighted by Gasteiger charge is 2.31. The van der Waals surface area contributed by atoms with E-state index >= 15 is 0 Å². The minimum Gasteiger partial charge on any atom is -0.339 e. The molecule has 1 heterocycles. The molecule has 116 valence electrons. The Hall–Kier alpha value is -1.35. The molecule has 0 aliphatic carbocycles. The molecule has 0 aromatic heterocycles. The molecule has 1 saturated heterocycles. The quantitative estimate of drug-likeness (QED) is 0.873. The molecule has 1 N–H and O–H groups in total. The maximum Gasteiger partial charge on any atom is 0.239 e. The topological polar surface area (TPSA) is 32.3 Å². The van der Waals surface area contributed by atoms with Gasteiger partial charge in [0, 0.05) is 18.6 Å². The lowest BCUT2D eigenvalue weighted by Gasteiger charge is -2.37. The Kier molecular flexibility index (Phi) is 5.80. The predicted octanol–water partition coefficient (Wildman–Crippen LogP) is 3.00. The van der Waals surface area contributed by atoms with Crippen LogP contribution in [0.25, 0.3) is 0 Å². The van der Waals surface area contributed by atoms with Gasteiger partial charge in [0.15, 0.2) is 0 Å². The number of aryl methyl sites for hydroxylation is 1. The van der Waals surface area contributed by atoms with Crippen molar-refractivity contribution in [1.82, 2.24) is 10.2 Å². The molecule has 3 heteroatoms. The first-order chi connectivity index (χ1) is 10.1. The van der Waals surface area contributed by atoms with Gasteiger partial charge in [-0.2, -0.15) is 0 Å². The van der Waals surface area contributed by atoms with Crippen molar-refractivity contribution < 1.29 is 4.79 Å². The van der Waals surface area contributed by atoms with E-state index in [1.54, 1.807) is 0 Å². The maximum absolute atomic E-state index is 12.6. The van der Waals surface area contributed by atoms with E-state index in [2.05, 4.69) is 55.3 Å². The second kappa shape index (κ2) is 7.60. The molecule has 21 heavy (non-hydrogen) atoms. The summed E-state index contributed by atoms with van der Waals surface area (Å²) >= 11 is 0. The highest BCUT2D eigenvalue weighted by Crippen LogP contribution is 2.18. The predicted molar refractivity (Wildman–Crippen MR) is 87.2 cm³/mol. The third kappa shape index (κ3) is 4.57. The molecule has 1 aliphatic rings. The SMILES string of the molecule is CC(C)NC1CCCN(C(C)CCc2ccccc2)C1=O. The van der Waals surface area contributed by atoms with Crippen molar-refractivity contribution in [1.29, 1.82) is 0 Å². The molecule has 0 spiro atoms. The van der Waals surface area contributed by atoms with Crippen molar-refractivity contribution in [2.75, 3.05) is 6.54 Å². The van der Waals surface area contributed by atoms with Gasteiger partial charge in [-0.25, -0.2) is 0 Å². The number of hydrogen-bond donors (Lipinski definition) is 1. The Morgan fingerprint density at radius 3 is 2.62 bits per heavy atom. The van der Waals surface area contributed by atoms with Crippen molar-refractivity contribution in [3.63, 3.8) is 0 Å². The molecule has 1 aromatic carbocycles. The van der Waals surface area contributed by atoms with Gasteiger partial charge in [0.25, 0.3) is 0 Å². The Bertz CT molecular complexity index is 444. The summed E-state index contributed by atoms with van der Waals surface area (Å²) < 4.78 is 0. The number of amides is 1. The molecule has 0 saturated carbocycles. The summed E-state index contributed by atoms with van der Waals surface area (Å²) in [7, 11) is 0. The molecule has 2 unspecified atom stereocenters. The van der Waals surface area contributed by atoms with Gasteiger partial charge < -0.3 is 10.2 Å². The third-order valence-electron chi connectivity index (χ3n) is 4.23. The molecule has 2 rings (SSSR count). The van der Waals surface area contributed by atoms with Crippen LogP contribution in [-0.2, 0) is 11.2 Å². The van der Waals surface area contributed by atoms with E-state index in [9.17, 15) is 4.79 Å². The first-order valence-electron chi connectivity index (χ1n) is 8.18. The molecular weight excluding hydrogens is 260 g/mol. The van der Waals surface area contributed by atoms with Crippen molar-refractivity contribution in [3.8, 4) is 0 Å². The number of likely N-dealkylation sites (tertiary alicyclic amines) is 1. The number of carbonyl (C=O) groups is 1. The van der Waals surface area contributed by atoms with E-state index in [4.69, 9.17) is 0 Å².